The molecule has 0 saturated carbocycles. The highest BCUT2D eigenvalue weighted by molar-refractivity contribution is 7.25. The molecule has 1 atom stereocenters. The van der Waals surface area contributed by atoms with Crippen LogP contribution in [0.4, 0.5) is 0 Å². The first-order valence-electron chi connectivity index (χ1n) is 21.4. The maximum Gasteiger partial charge on any atom is 0.0707 e. The summed E-state index contributed by atoms with van der Waals surface area (Å²) in [4.78, 5) is 0. The van der Waals surface area contributed by atoms with Gasteiger partial charge in [0.05, 0.1) is 6.04 Å². The minimum Gasteiger partial charge on any atom is -0.374 e. The number of benzene rings is 8. The number of rotatable bonds is 8. The third kappa shape index (κ3) is 7.24. The molecule has 0 saturated heterocycles. The normalized spacial score (nSPS) is 14.6. The molecule has 0 radical (unpaired) electrons. The molecule has 0 amide bonds. The molecular formula is C59H45NS. The lowest BCUT2D eigenvalue weighted by atomic mass is 9.88. The van der Waals surface area contributed by atoms with E-state index in [0.717, 1.165) is 19.3 Å². The van der Waals surface area contributed by atoms with Crippen LogP contribution in [0.5, 0.6) is 0 Å². The van der Waals surface area contributed by atoms with Crippen LogP contribution < -0.4 is 5.32 Å². The second-order valence-electron chi connectivity index (χ2n) is 16.5. The van der Waals surface area contributed by atoms with E-state index in [4.69, 9.17) is 0 Å². The van der Waals surface area contributed by atoms with Gasteiger partial charge < -0.3 is 5.32 Å². The highest BCUT2D eigenvalue weighted by atomic mass is 32.1. The van der Waals surface area contributed by atoms with E-state index in [1.807, 2.05) is 11.3 Å². The van der Waals surface area contributed by atoms with Crippen LogP contribution in [0, 0.1) is 6.92 Å². The Kier molecular flexibility index (Phi) is 9.64. The van der Waals surface area contributed by atoms with Crippen molar-refractivity contribution in [3.05, 3.63) is 250 Å². The molecule has 1 N–H and O–H groups in total. The third-order valence-corrected chi connectivity index (χ3v) is 13.8. The van der Waals surface area contributed by atoms with Gasteiger partial charge in [0.1, 0.15) is 0 Å². The Morgan fingerprint density at radius 1 is 0.525 bits per heavy atom. The zero-order valence-electron chi connectivity index (χ0n) is 34.2. The quantitative estimate of drug-likeness (QED) is 0.161. The van der Waals surface area contributed by atoms with E-state index < -0.39 is 0 Å². The number of aryl methyl sites for hydroxylation is 3. The van der Waals surface area contributed by atoms with Gasteiger partial charge in [-0.3, -0.25) is 0 Å². The maximum absolute atomic E-state index is 3.94. The minimum atomic E-state index is 0.0647. The monoisotopic (exact) mass is 799 g/mol. The number of fused-ring (bicyclic) bond motifs is 6. The summed E-state index contributed by atoms with van der Waals surface area (Å²) in [6, 6.07) is 69.5. The Balaban J connectivity index is 0.916. The fourth-order valence-electron chi connectivity index (χ4n) is 9.42. The number of thiophene rings is 1. The predicted octanol–water partition coefficient (Wildman–Crippen LogP) is 15.4. The summed E-state index contributed by atoms with van der Waals surface area (Å²) in [6.07, 6.45) is 9.93. The fourth-order valence-corrected chi connectivity index (χ4v) is 10.5. The molecule has 0 fully saturated rings. The van der Waals surface area contributed by atoms with E-state index in [-0.39, 0.29) is 6.04 Å². The topological polar surface area (TPSA) is 12.0 Å². The second kappa shape index (κ2) is 15.9. The molecule has 8 aromatic carbocycles. The zero-order valence-corrected chi connectivity index (χ0v) is 35.1. The van der Waals surface area contributed by atoms with Crippen molar-refractivity contribution >= 4 is 43.2 Å². The fraction of sp³-hybridized carbons (Fsp3) is 0.0847. The van der Waals surface area contributed by atoms with E-state index in [9.17, 15) is 0 Å². The number of hydrogen-bond acceptors (Lipinski definition) is 2. The lowest BCUT2D eigenvalue weighted by molar-refractivity contribution is 0.710. The molecule has 11 rings (SSSR count). The van der Waals surface area contributed by atoms with Crippen LogP contribution in [0.25, 0.3) is 65.2 Å². The lowest BCUT2D eigenvalue weighted by Gasteiger charge is -2.27. The number of dihydropyridines is 1. The van der Waals surface area contributed by atoms with E-state index in [1.54, 1.807) is 0 Å². The van der Waals surface area contributed by atoms with Crippen LogP contribution in [-0.4, -0.2) is 0 Å². The molecular weight excluding hydrogens is 755 g/mol. The van der Waals surface area contributed by atoms with Crippen LogP contribution in [0.1, 0.15) is 45.0 Å². The van der Waals surface area contributed by atoms with Crippen molar-refractivity contribution in [1.29, 1.82) is 0 Å². The highest BCUT2D eigenvalue weighted by Crippen LogP contribution is 2.41. The minimum absolute atomic E-state index is 0.0647. The number of nitrogens with one attached hydrogen (secondary N) is 1. The summed E-state index contributed by atoms with van der Waals surface area (Å²) in [7, 11) is 0. The molecule has 9 aromatic rings. The molecule has 2 heterocycles. The maximum atomic E-state index is 3.94. The molecule has 0 bridgehead atoms. The average Bonchev–Trinajstić information content (AvgIpc) is 3.60. The largest absolute Gasteiger partial charge is 0.374 e. The molecule has 2 heteroatoms. The van der Waals surface area contributed by atoms with Crippen molar-refractivity contribution in [2.24, 2.45) is 0 Å². The van der Waals surface area contributed by atoms with E-state index >= 15 is 0 Å². The molecule has 2 aliphatic rings. The highest BCUT2D eigenvalue weighted by Gasteiger charge is 2.23. The molecule has 61 heavy (non-hydrogen) atoms. The van der Waals surface area contributed by atoms with Gasteiger partial charge >= 0.3 is 0 Å². The first-order valence-corrected chi connectivity index (χ1v) is 22.3. The van der Waals surface area contributed by atoms with Crippen molar-refractivity contribution in [3.63, 3.8) is 0 Å². The average molecular weight is 800 g/mol. The summed E-state index contributed by atoms with van der Waals surface area (Å²) >= 11 is 1.89. The third-order valence-electron chi connectivity index (χ3n) is 12.6. The van der Waals surface area contributed by atoms with Crippen molar-refractivity contribution in [3.8, 4) is 33.4 Å². The van der Waals surface area contributed by atoms with Crippen LogP contribution >= 0.6 is 11.3 Å². The van der Waals surface area contributed by atoms with Crippen molar-refractivity contribution in [2.45, 2.75) is 32.2 Å². The molecule has 1 aliphatic heterocycles. The van der Waals surface area contributed by atoms with E-state index in [0.29, 0.717) is 0 Å². The molecule has 1 aliphatic carbocycles. The zero-order chi connectivity index (χ0) is 40.7. The van der Waals surface area contributed by atoms with Crippen LogP contribution in [0.3, 0.4) is 0 Å². The van der Waals surface area contributed by atoms with Gasteiger partial charge in [-0.05, 0) is 152 Å². The van der Waals surface area contributed by atoms with Gasteiger partial charge in [0.15, 0.2) is 0 Å². The Morgan fingerprint density at radius 3 is 2.10 bits per heavy atom. The molecule has 1 nitrogen and oxygen atoms in total. The SMILES string of the molecule is Cc1ccc(-c2ccc3c(c2)-c2ccccc2C=C(C2=CC(c4ccccc4)=CC(c4ccccc4)N2)C3)cc1-c1ccccc1CCc1ccc2sc3ccccc3c2c1. The van der Waals surface area contributed by atoms with Gasteiger partial charge in [-0.1, -0.05) is 158 Å². The van der Waals surface area contributed by atoms with E-state index in [1.165, 1.54) is 109 Å². The first kappa shape index (κ1) is 37.0. The summed E-state index contributed by atoms with van der Waals surface area (Å²) < 4.78 is 2.72. The van der Waals surface area contributed by atoms with Crippen molar-refractivity contribution in [2.75, 3.05) is 0 Å². The lowest BCUT2D eigenvalue weighted by Crippen LogP contribution is -2.24. The second-order valence-corrected chi connectivity index (χ2v) is 17.6. The number of hydrogen-bond donors (Lipinski definition) is 1. The predicted molar refractivity (Wildman–Crippen MR) is 261 cm³/mol. The first-order chi connectivity index (χ1) is 30.1. The van der Waals surface area contributed by atoms with Gasteiger partial charge in [0.25, 0.3) is 0 Å². The summed E-state index contributed by atoms with van der Waals surface area (Å²) in [6.45, 7) is 2.25. The smallest absolute Gasteiger partial charge is 0.0707 e. The molecule has 1 aromatic heterocycles. The Bertz CT molecular complexity index is 3200. The Morgan fingerprint density at radius 2 is 1.23 bits per heavy atom. The van der Waals surface area contributed by atoms with Crippen LogP contribution in [0.15, 0.2) is 211 Å². The summed E-state index contributed by atoms with van der Waals surface area (Å²) in [5, 5.41) is 6.68. The number of allylic oxidation sites excluding steroid dienone is 3. The summed E-state index contributed by atoms with van der Waals surface area (Å²) in [5.41, 5.74) is 20.5. The van der Waals surface area contributed by atoms with Gasteiger partial charge in [0, 0.05) is 32.3 Å². The molecule has 0 spiro atoms. The molecule has 1 unspecified atom stereocenters. The van der Waals surface area contributed by atoms with Gasteiger partial charge in [-0.2, -0.15) is 0 Å². The van der Waals surface area contributed by atoms with Crippen molar-refractivity contribution < 1.29 is 0 Å². The standard InChI is InChI=1S/C59H45NS/c1-39-24-27-44(35-53(39)50-20-10-8-16-42(50)28-25-40-26-31-59-55(32-40)52-22-12-13-23-58(52)61-59)45-29-30-47-34-49(33-46-19-9-11-21-51(46)54(47)36-45)57-38-48(41-14-4-2-5-15-41)37-56(60-57)43-17-6-3-7-18-43/h2-24,26-27,29-33,35-38,56,60H,25,28,34H2,1H3. The van der Waals surface area contributed by atoms with Crippen LogP contribution in [-0.2, 0) is 19.3 Å². The van der Waals surface area contributed by atoms with Gasteiger partial charge in [-0.15, -0.1) is 11.3 Å². The Labute approximate surface area is 362 Å². The van der Waals surface area contributed by atoms with E-state index in [2.05, 4.69) is 219 Å². The van der Waals surface area contributed by atoms with Gasteiger partial charge in [-0.25, -0.2) is 0 Å². The van der Waals surface area contributed by atoms with Crippen LogP contribution in [0.2, 0.25) is 0 Å². The summed E-state index contributed by atoms with van der Waals surface area (Å²) in [5.74, 6) is 0. The molecule has 292 valence electrons. The van der Waals surface area contributed by atoms with Gasteiger partial charge in [0.2, 0.25) is 0 Å². The Hall–Kier alpha value is -7.00. The van der Waals surface area contributed by atoms with Crippen molar-refractivity contribution in [1.82, 2.24) is 5.32 Å².